The lowest BCUT2D eigenvalue weighted by Crippen LogP contribution is -2.39. The van der Waals surface area contributed by atoms with E-state index in [1.54, 1.807) is 30.9 Å². The molecule has 0 spiro atoms. The first-order valence-electron chi connectivity index (χ1n) is 11.0. The lowest BCUT2D eigenvalue weighted by Gasteiger charge is -2.32. The van der Waals surface area contributed by atoms with Crippen LogP contribution in [0.1, 0.15) is 36.2 Å². The van der Waals surface area contributed by atoms with Crippen molar-refractivity contribution in [2.75, 3.05) is 32.9 Å². The Morgan fingerprint density at radius 3 is 2.50 bits per heavy atom. The molecule has 32 heavy (non-hydrogen) atoms. The third kappa shape index (κ3) is 5.38. The average Bonchev–Trinajstić information content (AvgIpc) is 3.38. The molecule has 0 atom stereocenters. The molecule has 8 heteroatoms. The van der Waals surface area contributed by atoms with Crippen molar-refractivity contribution in [3.8, 4) is 17.2 Å². The number of para-hydroxylation sites is 1. The molecule has 1 aliphatic rings. The summed E-state index contributed by atoms with van der Waals surface area (Å²) in [5.74, 6) is 1.97. The first-order valence-corrected chi connectivity index (χ1v) is 11.0. The van der Waals surface area contributed by atoms with Crippen LogP contribution in [0.5, 0.6) is 17.2 Å². The first-order chi connectivity index (χ1) is 15.7. The number of hydrogen-bond acceptors (Lipinski definition) is 6. The van der Waals surface area contributed by atoms with Gasteiger partial charge in [-0.3, -0.25) is 4.79 Å². The van der Waals surface area contributed by atoms with Gasteiger partial charge in [-0.2, -0.15) is 5.10 Å². The number of benzene rings is 2. The van der Waals surface area contributed by atoms with Crippen LogP contribution in [0.3, 0.4) is 0 Å². The summed E-state index contributed by atoms with van der Waals surface area (Å²) in [6.45, 7) is 4.55. The van der Waals surface area contributed by atoms with Crippen LogP contribution in [0.4, 0.5) is 0 Å². The minimum absolute atomic E-state index is 0.00181. The molecule has 1 aromatic heterocycles. The van der Waals surface area contributed by atoms with Gasteiger partial charge in [-0.15, -0.1) is 0 Å². The summed E-state index contributed by atoms with van der Waals surface area (Å²) in [6.07, 6.45) is 5.00. The number of carbonyl (C=O) groups is 1. The molecule has 0 unspecified atom stereocenters. The summed E-state index contributed by atoms with van der Waals surface area (Å²) < 4.78 is 19.1. The quantitative estimate of drug-likeness (QED) is 0.477. The van der Waals surface area contributed by atoms with Crippen molar-refractivity contribution in [1.29, 1.82) is 0 Å². The Bertz CT molecular complexity index is 986. The minimum Gasteiger partial charge on any atom is -0.490 e. The largest absolute Gasteiger partial charge is 0.490 e. The van der Waals surface area contributed by atoms with Gasteiger partial charge in [0.1, 0.15) is 31.6 Å². The summed E-state index contributed by atoms with van der Waals surface area (Å²) in [6, 6.07) is 15.2. The van der Waals surface area contributed by atoms with Crippen LogP contribution in [0, 0.1) is 0 Å². The van der Waals surface area contributed by atoms with Gasteiger partial charge < -0.3 is 19.1 Å². The molecular formula is C24H28N4O4. The van der Waals surface area contributed by atoms with Gasteiger partial charge in [-0.05, 0) is 50.1 Å². The highest BCUT2D eigenvalue weighted by Gasteiger charge is 2.25. The Morgan fingerprint density at radius 1 is 1.00 bits per heavy atom. The fourth-order valence-electron chi connectivity index (χ4n) is 3.78. The first kappa shape index (κ1) is 21.7. The van der Waals surface area contributed by atoms with Crippen molar-refractivity contribution in [2.24, 2.45) is 0 Å². The summed E-state index contributed by atoms with van der Waals surface area (Å²) >= 11 is 0. The molecule has 1 fully saturated rings. The lowest BCUT2D eigenvalue weighted by molar-refractivity contribution is 0.0689. The van der Waals surface area contributed by atoms with Crippen LogP contribution >= 0.6 is 0 Å². The summed E-state index contributed by atoms with van der Waals surface area (Å²) in [4.78, 5) is 18.9. The van der Waals surface area contributed by atoms with E-state index < -0.39 is 0 Å². The topological polar surface area (TPSA) is 78.7 Å². The fraction of sp³-hybridized carbons (Fsp3) is 0.375. The third-order valence-electron chi connectivity index (χ3n) is 5.41. The number of nitrogens with zero attached hydrogens (tertiary/aromatic N) is 4. The zero-order chi connectivity index (χ0) is 22.2. The monoisotopic (exact) mass is 436 g/mol. The van der Waals surface area contributed by atoms with Gasteiger partial charge in [0.15, 0.2) is 11.5 Å². The van der Waals surface area contributed by atoms with E-state index in [-0.39, 0.29) is 11.9 Å². The highest BCUT2D eigenvalue weighted by atomic mass is 16.5. The van der Waals surface area contributed by atoms with E-state index >= 15 is 0 Å². The SMILES string of the molecule is CCOc1cc(C(=O)N2CCC(n3cncn3)CC2)ccc1OCCOc1ccccc1. The second-order valence-electron chi connectivity index (χ2n) is 7.50. The summed E-state index contributed by atoms with van der Waals surface area (Å²) in [7, 11) is 0. The molecule has 8 nitrogen and oxygen atoms in total. The smallest absolute Gasteiger partial charge is 0.253 e. The number of rotatable bonds is 9. The molecule has 0 saturated carbocycles. The van der Waals surface area contributed by atoms with Crippen LogP contribution < -0.4 is 14.2 Å². The van der Waals surface area contributed by atoms with Crippen molar-refractivity contribution in [1.82, 2.24) is 19.7 Å². The van der Waals surface area contributed by atoms with Crippen LogP contribution in [0.25, 0.3) is 0 Å². The number of ether oxygens (including phenoxy) is 3. The molecule has 0 N–H and O–H groups in total. The van der Waals surface area contributed by atoms with Gasteiger partial charge in [0.25, 0.3) is 5.91 Å². The van der Waals surface area contributed by atoms with Crippen LogP contribution in [-0.2, 0) is 0 Å². The molecule has 1 aliphatic heterocycles. The Kier molecular flexibility index (Phi) is 7.22. The van der Waals surface area contributed by atoms with Crippen molar-refractivity contribution in [2.45, 2.75) is 25.8 Å². The molecule has 168 valence electrons. The molecule has 1 saturated heterocycles. The van der Waals surface area contributed by atoms with E-state index in [2.05, 4.69) is 10.1 Å². The zero-order valence-corrected chi connectivity index (χ0v) is 18.2. The number of aromatic nitrogens is 3. The highest BCUT2D eigenvalue weighted by molar-refractivity contribution is 5.95. The van der Waals surface area contributed by atoms with Crippen LogP contribution in [0.2, 0.25) is 0 Å². The maximum atomic E-state index is 13.1. The van der Waals surface area contributed by atoms with Gasteiger partial charge in [0.05, 0.1) is 12.6 Å². The Morgan fingerprint density at radius 2 is 1.78 bits per heavy atom. The predicted molar refractivity (Wildman–Crippen MR) is 119 cm³/mol. The molecule has 0 radical (unpaired) electrons. The van der Waals surface area contributed by atoms with Crippen molar-refractivity contribution in [3.05, 3.63) is 66.7 Å². The number of hydrogen-bond donors (Lipinski definition) is 0. The van der Waals surface area contributed by atoms with Gasteiger partial charge in [0, 0.05) is 18.7 Å². The lowest BCUT2D eigenvalue weighted by atomic mass is 10.0. The van der Waals surface area contributed by atoms with Crippen molar-refractivity contribution >= 4 is 5.91 Å². The number of likely N-dealkylation sites (tertiary alicyclic amines) is 1. The Balaban J connectivity index is 1.33. The van der Waals surface area contributed by atoms with E-state index in [1.165, 1.54) is 0 Å². The van der Waals surface area contributed by atoms with Crippen LogP contribution in [-0.4, -0.2) is 58.5 Å². The van der Waals surface area contributed by atoms with E-state index in [4.69, 9.17) is 14.2 Å². The molecule has 0 aliphatic carbocycles. The Hall–Kier alpha value is -3.55. The standard InChI is InChI=1S/C24H28N4O4/c1-2-30-23-16-19(8-9-22(23)32-15-14-31-21-6-4-3-5-7-21)24(29)27-12-10-20(11-13-27)28-18-25-17-26-28/h3-9,16-18,20H,2,10-15H2,1H3. The number of amides is 1. The molecule has 2 heterocycles. The van der Waals surface area contributed by atoms with Gasteiger partial charge in [-0.25, -0.2) is 9.67 Å². The predicted octanol–water partition coefficient (Wildman–Crippen LogP) is 3.61. The summed E-state index contributed by atoms with van der Waals surface area (Å²) in [5.41, 5.74) is 0.598. The fourth-order valence-corrected chi connectivity index (χ4v) is 3.78. The number of carbonyl (C=O) groups excluding carboxylic acids is 1. The van der Waals surface area contributed by atoms with Gasteiger partial charge in [-0.1, -0.05) is 18.2 Å². The van der Waals surface area contributed by atoms with E-state index in [0.29, 0.717) is 50.0 Å². The average molecular weight is 437 g/mol. The Labute approximate surface area is 187 Å². The van der Waals surface area contributed by atoms with E-state index in [9.17, 15) is 4.79 Å². The number of piperidine rings is 1. The molecule has 2 aromatic carbocycles. The third-order valence-corrected chi connectivity index (χ3v) is 5.41. The molecular weight excluding hydrogens is 408 g/mol. The van der Waals surface area contributed by atoms with E-state index in [0.717, 1.165) is 18.6 Å². The van der Waals surface area contributed by atoms with Gasteiger partial charge >= 0.3 is 0 Å². The van der Waals surface area contributed by atoms with Gasteiger partial charge in [0.2, 0.25) is 0 Å². The molecule has 1 amide bonds. The summed E-state index contributed by atoms with van der Waals surface area (Å²) in [5, 5.41) is 4.22. The maximum Gasteiger partial charge on any atom is 0.253 e. The maximum absolute atomic E-state index is 13.1. The second kappa shape index (κ2) is 10.7. The molecule has 4 rings (SSSR count). The zero-order valence-electron chi connectivity index (χ0n) is 18.2. The van der Waals surface area contributed by atoms with Crippen molar-refractivity contribution < 1.29 is 19.0 Å². The van der Waals surface area contributed by atoms with E-state index in [1.807, 2.05) is 46.8 Å². The van der Waals surface area contributed by atoms with Crippen LogP contribution in [0.15, 0.2) is 61.2 Å². The normalized spacial score (nSPS) is 14.2. The second-order valence-corrected chi connectivity index (χ2v) is 7.50. The highest BCUT2D eigenvalue weighted by Crippen LogP contribution is 2.30. The molecule has 0 bridgehead atoms. The molecule has 3 aromatic rings. The van der Waals surface area contributed by atoms with Crippen molar-refractivity contribution in [3.63, 3.8) is 0 Å². The minimum atomic E-state index is 0.00181.